The van der Waals surface area contributed by atoms with Crippen molar-refractivity contribution in [3.8, 4) is 11.5 Å². The van der Waals surface area contributed by atoms with Crippen LogP contribution in [0, 0.1) is 0 Å². The lowest BCUT2D eigenvalue weighted by molar-refractivity contribution is 0.0929. The predicted molar refractivity (Wildman–Crippen MR) is 142 cm³/mol. The number of hydrogen-bond donors (Lipinski definition) is 2. The molecular formula is C27H36N2O6Si. The van der Waals surface area contributed by atoms with Crippen molar-refractivity contribution in [3.63, 3.8) is 0 Å². The summed E-state index contributed by atoms with van der Waals surface area (Å²) in [6, 6.07) is 9.45. The van der Waals surface area contributed by atoms with Crippen molar-refractivity contribution in [2.75, 3.05) is 16.9 Å². The molecule has 0 fully saturated rings. The molecular weight excluding hydrogens is 476 g/mol. The van der Waals surface area contributed by atoms with Crippen molar-refractivity contribution in [2.45, 2.75) is 76.9 Å². The molecule has 194 valence electrons. The zero-order valence-electron chi connectivity index (χ0n) is 22.0. The highest BCUT2D eigenvalue weighted by Crippen LogP contribution is 2.48. The van der Waals surface area contributed by atoms with Gasteiger partial charge in [-0.1, -0.05) is 47.6 Å². The summed E-state index contributed by atoms with van der Waals surface area (Å²) in [7, 11) is -0.808. The van der Waals surface area contributed by atoms with Crippen LogP contribution in [0.25, 0.3) is 0 Å². The Hall–Kier alpha value is -3.04. The molecule has 4 rings (SSSR count). The molecule has 8 nitrogen and oxygen atoms in total. The highest BCUT2D eigenvalue weighted by atomic mass is 28.4. The molecule has 2 heterocycles. The van der Waals surface area contributed by atoms with Gasteiger partial charge in [0.05, 0.1) is 30.1 Å². The van der Waals surface area contributed by atoms with E-state index in [1.54, 1.807) is 6.07 Å². The van der Waals surface area contributed by atoms with E-state index in [4.69, 9.17) is 9.16 Å². The molecule has 0 spiro atoms. The van der Waals surface area contributed by atoms with Crippen molar-refractivity contribution in [1.29, 1.82) is 0 Å². The van der Waals surface area contributed by atoms with E-state index >= 15 is 0 Å². The molecule has 0 aromatic heterocycles. The number of rotatable bonds is 6. The van der Waals surface area contributed by atoms with Gasteiger partial charge >= 0.3 is 6.09 Å². The minimum Gasteiger partial charge on any atom is -0.542 e. The standard InChI is InChI=1S/C27H36N2O6Si/c1-15(2)36(16(3)4,17(5)6)35-24-10-8-9-21-19(24)14-23-26(31)29(27(32)33)22-12-11-18(34-7)13-20(22)25(30)28(21)23/h8-13,15-17,23,26,31H,14H2,1-7H3,(H,32,33)/t23-,26?/m0/s1. The first kappa shape index (κ1) is 26.0. The van der Waals surface area contributed by atoms with Crippen molar-refractivity contribution in [2.24, 2.45) is 0 Å². The first-order valence-corrected chi connectivity index (χ1v) is 14.6. The number of aliphatic hydroxyl groups excluding tert-OH is 1. The molecule has 0 saturated carbocycles. The summed E-state index contributed by atoms with van der Waals surface area (Å²) in [4.78, 5) is 28.6. The Labute approximate surface area is 213 Å². The van der Waals surface area contributed by atoms with E-state index < -0.39 is 26.7 Å². The van der Waals surface area contributed by atoms with Crippen LogP contribution in [-0.2, 0) is 6.42 Å². The molecule has 9 heteroatoms. The van der Waals surface area contributed by atoms with Crippen LogP contribution in [0.4, 0.5) is 16.2 Å². The molecule has 1 unspecified atom stereocenters. The van der Waals surface area contributed by atoms with Gasteiger partial charge in [0.1, 0.15) is 11.5 Å². The van der Waals surface area contributed by atoms with Crippen LogP contribution in [0.5, 0.6) is 11.5 Å². The zero-order chi connectivity index (χ0) is 26.5. The molecule has 0 saturated heterocycles. The minimum atomic E-state index is -2.29. The lowest BCUT2D eigenvalue weighted by Crippen LogP contribution is -2.52. The van der Waals surface area contributed by atoms with Crippen LogP contribution in [0.1, 0.15) is 57.5 Å². The Bertz CT molecular complexity index is 1160. The van der Waals surface area contributed by atoms with Crippen molar-refractivity contribution < 1.29 is 29.0 Å². The van der Waals surface area contributed by atoms with E-state index in [9.17, 15) is 19.8 Å². The molecule has 0 radical (unpaired) electrons. The third-order valence-electron chi connectivity index (χ3n) is 7.83. The second-order valence-electron chi connectivity index (χ2n) is 10.6. The van der Waals surface area contributed by atoms with Crippen molar-refractivity contribution >= 4 is 31.7 Å². The number of carboxylic acid groups (broad SMARTS) is 1. The van der Waals surface area contributed by atoms with E-state index in [1.165, 1.54) is 24.1 Å². The summed E-state index contributed by atoms with van der Waals surface area (Å²) in [5.74, 6) is 0.766. The van der Waals surface area contributed by atoms with Gasteiger partial charge < -0.3 is 19.4 Å². The average molecular weight is 513 g/mol. The summed E-state index contributed by atoms with van der Waals surface area (Å²) in [5.41, 5.74) is 2.83. The Balaban J connectivity index is 1.87. The lowest BCUT2D eigenvalue weighted by Gasteiger charge is -2.42. The Kier molecular flexibility index (Phi) is 6.83. The molecule has 0 bridgehead atoms. The van der Waals surface area contributed by atoms with Gasteiger partial charge in [-0.3, -0.25) is 9.69 Å². The fourth-order valence-corrected chi connectivity index (χ4v) is 11.6. The highest BCUT2D eigenvalue weighted by molar-refractivity contribution is 6.78. The fourth-order valence-electron chi connectivity index (χ4n) is 6.29. The van der Waals surface area contributed by atoms with Crippen LogP contribution in [0.15, 0.2) is 36.4 Å². The number of aliphatic hydroxyl groups is 1. The number of methoxy groups -OCH3 is 1. The number of benzene rings is 2. The largest absolute Gasteiger partial charge is 0.542 e. The molecule has 2 aliphatic rings. The minimum absolute atomic E-state index is 0.134. The maximum Gasteiger partial charge on any atom is 0.414 e. The predicted octanol–water partition coefficient (Wildman–Crippen LogP) is 5.64. The van der Waals surface area contributed by atoms with Gasteiger partial charge in [0, 0.05) is 12.0 Å². The normalized spacial score (nSPS) is 19.4. The summed E-state index contributed by atoms with van der Waals surface area (Å²) < 4.78 is 12.3. The average Bonchev–Trinajstić information content (AvgIpc) is 3.18. The van der Waals surface area contributed by atoms with Crippen LogP contribution in [-0.4, -0.2) is 49.9 Å². The van der Waals surface area contributed by atoms with Gasteiger partial charge in [0.2, 0.25) is 0 Å². The number of anilines is 2. The van der Waals surface area contributed by atoms with Gasteiger partial charge in [0.25, 0.3) is 14.2 Å². The van der Waals surface area contributed by atoms with E-state index in [-0.39, 0.29) is 23.6 Å². The van der Waals surface area contributed by atoms with Crippen LogP contribution >= 0.6 is 0 Å². The third-order valence-corrected chi connectivity index (χ3v) is 13.8. The first-order valence-electron chi connectivity index (χ1n) is 12.5. The van der Waals surface area contributed by atoms with Crippen LogP contribution in [0.2, 0.25) is 16.6 Å². The molecule has 36 heavy (non-hydrogen) atoms. The molecule has 2 aromatic carbocycles. The van der Waals surface area contributed by atoms with E-state index in [1.807, 2.05) is 18.2 Å². The van der Waals surface area contributed by atoms with Crippen molar-refractivity contribution in [1.82, 2.24) is 0 Å². The summed E-state index contributed by atoms with van der Waals surface area (Å²) in [5, 5.41) is 21.3. The summed E-state index contributed by atoms with van der Waals surface area (Å²) >= 11 is 0. The molecule has 0 aliphatic carbocycles. The number of hydrogen-bond acceptors (Lipinski definition) is 5. The zero-order valence-corrected chi connectivity index (χ0v) is 23.0. The SMILES string of the molecule is COc1ccc2c(c1)C(=O)N1c3cccc(O[Si](C(C)C)(C(C)C)C(C)C)c3C[C@H]1C(O)N2C(=O)O. The van der Waals surface area contributed by atoms with Gasteiger partial charge in [-0.05, 0) is 47.0 Å². The van der Waals surface area contributed by atoms with E-state index in [0.717, 1.165) is 16.2 Å². The van der Waals surface area contributed by atoms with E-state index in [0.29, 0.717) is 28.1 Å². The Morgan fingerprint density at radius 3 is 2.22 bits per heavy atom. The van der Waals surface area contributed by atoms with Crippen LogP contribution < -0.4 is 19.0 Å². The molecule has 2 amide bonds. The molecule has 2 aromatic rings. The Morgan fingerprint density at radius 2 is 1.67 bits per heavy atom. The number of nitrogens with zero attached hydrogens (tertiary/aromatic N) is 2. The van der Waals surface area contributed by atoms with Gasteiger partial charge in [-0.2, -0.15) is 0 Å². The summed E-state index contributed by atoms with van der Waals surface area (Å²) in [6.07, 6.45) is -2.50. The number of carbonyl (C=O) groups is 2. The topological polar surface area (TPSA) is 99.5 Å². The third kappa shape index (κ3) is 3.85. The second-order valence-corrected chi connectivity index (χ2v) is 15.9. The number of ether oxygens (including phenoxy) is 1. The Morgan fingerprint density at radius 1 is 1.03 bits per heavy atom. The highest BCUT2D eigenvalue weighted by Gasteiger charge is 2.50. The molecule has 2 N–H and O–H groups in total. The second kappa shape index (κ2) is 9.44. The van der Waals surface area contributed by atoms with Crippen LogP contribution in [0.3, 0.4) is 0 Å². The van der Waals surface area contributed by atoms with Gasteiger partial charge in [0.15, 0.2) is 6.23 Å². The summed E-state index contributed by atoms with van der Waals surface area (Å²) in [6.45, 7) is 13.3. The first-order chi connectivity index (χ1) is 16.9. The van der Waals surface area contributed by atoms with Crippen molar-refractivity contribution in [3.05, 3.63) is 47.5 Å². The maximum atomic E-state index is 13.9. The smallest absolute Gasteiger partial charge is 0.414 e. The number of carbonyl (C=O) groups excluding carboxylic acids is 1. The lowest BCUT2D eigenvalue weighted by atomic mass is 10.1. The fraction of sp³-hybridized carbons (Fsp3) is 0.481. The molecule has 2 aliphatic heterocycles. The number of fused-ring (bicyclic) bond motifs is 4. The monoisotopic (exact) mass is 512 g/mol. The van der Waals surface area contributed by atoms with Gasteiger partial charge in [-0.15, -0.1) is 0 Å². The van der Waals surface area contributed by atoms with Gasteiger partial charge in [-0.25, -0.2) is 9.69 Å². The quantitative estimate of drug-likeness (QED) is 0.486. The van der Waals surface area contributed by atoms with E-state index in [2.05, 4.69) is 41.5 Å². The number of amides is 2. The molecule has 2 atom stereocenters. The maximum absolute atomic E-state index is 13.9.